The maximum absolute atomic E-state index is 13.4. The molecule has 1 saturated heterocycles. The molecule has 1 aromatic heterocycles. The predicted molar refractivity (Wildman–Crippen MR) is 58.4 cm³/mol. The Morgan fingerprint density at radius 1 is 1.76 bits per heavy atom. The smallest absolute Gasteiger partial charge is 0.351 e. The number of ether oxygens (including phenoxy) is 1. The minimum atomic E-state index is -1.33. The van der Waals surface area contributed by atoms with Gasteiger partial charge in [-0.25, -0.2) is 9.18 Å². The molecule has 8 heteroatoms. The number of nitrogen functional groups attached to an aromatic ring is 1. The number of nitrogens with two attached hydrogens (primary N) is 1. The van der Waals surface area contributed by atoms with Crippen LogP contribution in [0.1, 0.15) is 12.6 Å². The topological polar surface area (TPSA) is 90.4 Å². The standard InChI is InChI=1S/C9H11ClFN3O3/c10-4-2-14(9(16)13-8(4)12)7-1-5(11)6(3-15)17-7/h2,5-7,15H,1,3H2,(H2,12,13,16)/t5-,6-,7?/m1/s1. The molecule has 1 aliphatic rings. The van der Waals surface area contributed by atoms with Crippen molar-refractivity contribution >= 4 is 17.4 Å². The van der Waals surface area contributed by atoms with Crippen molar-refractivity contribution in [1.82, 2.24) is 9.55 Å². The van der Waals surface area contributed by atoms with Crippen LogP contribution in [0.3, 0.4) is 0 Å². The summed E-state index contributed by atoms with van der Waals surface area (Å²) in [4.78, 5) is 15.0. The van der Waals surface area contributed by atoms with Gasteiger partial charge in [-0.05, 0) is 0 Å². The molecule has 2 heterocycles. The summed E-state index contributed by atoms with van der Waals surface area (Å²) in [5, 5.41) is 8.95. The molecule has 0 aromatic carbocycles. The number of nitrogens with zero attached hydrogens (tertiary/aromatic N) is 2. The fraction of sp³-hybridized carbons (Fsp3) is 0.556. The molecule has 0 bridgehead atoms. The highest BCUT2D eigenvalue weighted by Gasteiger charge is 2.36. The van der Waals surface area contributed by atoms with E-state index in [-0.39, 0.29) is 17.3 Å². The van der Waals surface area contributed by atoms with Gasteiger partial charge in [-0.15, -0.1) is 0 Å². The van der Waals surface area contributed by atoms with E-state index in [0.717, 1.165) is 4.57 Å². The van der Waals surface area contributed by atoms with Crippen molar-refractivity contribution in [2.24, 2.45) is 0 Å². The fourth-order valence-corrected chi connectivity index (χ4v) is 1.83. The van der Waals surface area contributed by atoms with E-state index in [4.69, 9.17) is 27.2 Å². The molecule has 0 saturated carbocycles. The summed E-state index contributed by atoms with van der Waals surface area (Å²) in [6.45, 7) is -0.442. The molecule has 0 amide bonds. The molecular formula is C9H11ClFN3O3. The van der Waals surface area contributed by atoms with E-state index in [1.807, 2.05) is 0 Å². The molecule has 3 N–H and O–H groups in total. The SMILES string of the molecule is Nc1nc(=O)n(C2C[C@@H](F)[C@@H](CO)O2)cc1Cl. The Bertz CT molecular complexity index is 481. The number of rotatable bonds is 2. The van der Waals surface area contributed by atoms with Gasteiger partial charge in [0.25, 0.3) is 0 Å². The molecule has 0 aliphatic carbocycles. The van der Waals surface area contributed by atoms with Gasteiger partial charge in [0.05, 0.1) is 11.6 Å². The van der Waals surface area contributed by atoms with Crippen molar-refractivity contribution < 1.29 is 14.2 Å². The zero-order chi connectivity index (χ0) is 12.6. The van der Waals surface area contributed by atoms with E-state index in [9.17, 15) is 9.18 Å². The molecule has 94 valence electrons. The molecule has 2 rings (SSSR count). The lowest BCUT2D eigenvalue weighted by Gasteiger charge is -2.14. The quantitative estimate of drug-likeness (QED) is 0.790. The van der Waals surface area contributed by atoms with E-state index >= 15 is 0 Å². The van der Waals surface area contributed by atoms with Crippen molar-refractivity contribution in [3.8, 4) is 0 Å². The van der Waals surface area contributed by atoms with Gasteiger partial charge in [-0.2, -0.15) is 4.98 Å². The van der Waals surface area contributed by atoms with Gasteiger partial charge < -0.3 is 15.6 Å². The van der Waals surface area contributed by atoms with Gasteiger partial charge in [0.2, 0.25) is 0 Å². The molecule has 6 nitrogen and oxygen atoms in total. The van der Waals surface area contributed by atoms with Gasteiger partial charge in [-0.3, -0.25) is 4.57 Å². The number of aromatic nitrogens is 2. The summed E-state index contributed by atoms with van der Waals surface area (Å²) in [5.74, 6) is -0.0820. The monoisotopic (exact) mass is 263 g/mol. The van der Waals surface area contributed by atoms with Gasteiger partial charge in [0.15, 0.2) is 0 Å². The van der Waals surface area contributed by atoms with Crippen LogP contribution < -0.4 is 11.4 Å². The number of aliphatic hydroxyl groups is 1. The summed E-state index contributed by atoms with van der Waals surface area (Å²) in [7, 11) is 0. The summed E-state index contributed by atoms with van der Waals surface area (Å²) >= 11 is 5.72. The van der Waals surface area contributed by atoms with Gasteiger partial charge in [-0.1, -0.05) is 11.6 Å². The third kappa shape index (κ3) is 2.26. The third-order valence-corrected chi connectivity index (χ3v) is 2.88. The first-order valence-electron chi connectivity index (χ1n) is 4.97. The number of hydrogen-bond acceptors (Lipinski definition) is 5. The Balaban J connectivity index is 2.30. The van der Waals surface area contributed by atoms with E-state index in [1.165, 1.54) is 6.20 Å². The van der Waals surface area contributed by atoms with Crippen molar-refractivity contribution in [3.05, 3.63) is 21.7 Å². The number of aliphatic hydroxyl groups excluding tert-OH is 1. The molecule has 1 unspecified atom stereocenters. The fourth-order valence-electron chi connectivity index (χ4n) is 1.69. The first-order chi connectivity index (χ1) is 8.02. The largest absolute Gasteiger partial charge is 0.394 e. The molecule has 1 fully saturated rings. The maximum atomic E-state index is 13.4. The third-order valence-electron chi connectivity index (χ3n) is 2.59. The van der Waals surface area contributed by atoms with Gasteiger partial charge >= 0.3 is 5.69 Å². The Labute approximate surface area is 101 Å². The van der Waals surface area contributed by atoms with Crippen molar-refractivity contribution in [2.45, 2.75) is 24.9 Å². The summed E-state index contributed by atoms with van der Waals surface area (Å²) in [6.07, 6.45) is -1.85. The number of halogens is 2. The molecule has 0 radical (unpaired) electrons. The van der Waals surface area contributed by atoms with Crippen LogP contribution in [-0.2, 0) is 4.74 Å². The van der Waals surface area contributed by atoms with Crippen LogP contribution in [-0.4, -0.2) is 33.5 Å². The lowest BCUT2D eigenvalue weighted by atomic mass is 10.2. The highest BCUT2D eigenvalue weighted by Crippen LogP contribution is 2.30. The summed E-state index contributed by atoms with van der Waals surface area (Å²) < 4.78 is 19.6. The lowest BCUT2D eigenvalue weighted by molar-refractivity contribution is -0.0355. The molecule has 3 atom stereocenters. The second-order valence-electron chi connectivity index (χ2n) is 3.73. The highest BCUT2D eigenvalue weighted by molar-refractivity contribution is 6.32. The minimum Gasteiger partial charge on any atom is -0.394 e. The molecular weight excluding hydrogens is 253 g/mol. The zero-order valence-electron chi connectivity index (χ0n) is 8.72. The van der Waals surface area contributed by atoms with Crippen LogP contribution >= 0.6 is 11.6 Å². The van der Waals surface area contributed by atoms with Crippen LogP contribution in [0.25, 0.3) is 0 Å². The Hall–Kier alpha value is -1.18. The van der Waals surface area contributed by atoms with Crippen LogP contribution in [0, 0.1) is 0 Å². The van der Waals surface area contributed by atoms with Crippen molar-refractivity contribution in [1.29, 1.82) is 0 Å². The highest BCUT2D eigenvalue weighted by atomic mass is 35.5. The normalized spacial score (nSPS) is 28.5. The van der Waals surface area contributed by atoms with E-state index < -0.39 is 30.8 Å². The Morgan fingerprint density at radius 2 is 2.47 bits per heavy atom. The average molecular weight is 264 g/mol. The molecule has 1 aromatic rings. The Morgan fingerprint density at radius 3 is 3.06 bits per heavy atom. The molecule has 0 spiro atoms. The Kier molecular flexibility index (Phi) is 3.32. The van der Waals surface area contributed by atoms with Crippen LogP contribution in [0.15, 0.2) is 11.0 Å². The summed E-state index contributed by atoms with van der Waals surface area (Å²) in [5.41, 5.74) is 4.69. The van der Waals surface area contributed by atoms with Gasteiger partial charge in [0, 0.05) is 12.6 Å². The van der Waals surface area contributed by atoms with Crippen molar-refractivity contribution in [3.63, 3.8) is 0 Å². The molecule has 1 aliphatic heterocycles. The average Bonchev–Trinajstić information content (AvgIpc) is 2.65. The second kappa shape index (κ2) is 4.59. The van der Waals surface area contributed by atoms with Crippen LogP contribution in [0.2, 0.25) is 5.02 Å². The summed E-state index contributed by atoms with van der Waals surface area (Å²) in [6, 6.07) is 0. The maximum Gasteiger partial charge on any atom is 0.351 e. The predicted octanol–water partition coefficient (Wildman–Crippen LogP) is 0.0968. The molecule has 17 heavy (non-hydrogen) atoms. The number of anilines is 1. The van der Waals surface area contributed by atoms with Crippen LogP contribution in [0.4, 0.5) is 10.2 Å². The zero-order valence-corrected chi connectivity index (χ0v) is 9.47. The first-order valence-corrected chi connectivity index (χ1v) is 5.35. The van der Waals surface area contributed by atoms with Crippen molar-refractivity contribution in [2.75, 3.05) is 12.3 Å². The van der Waals surface area contributed by atoms with Gasteiger partial charge in [0.1, 0.15) is 24.3 Å². The van der Waals surface area contributed by atoms with E-state index in [0.29, 0.717) is 0 Å². The number of alkyl halides is 1. The minimum absolute atomic E-state index is 0.0347. The second-order valence-corrected chi connectivity index (χ2v) is 4.13. The number of hydrogen-bond donors (Lipinski definition) is 2. The first kappa shape index (κ1) is 12.3. The lowest BCUT2D eigenvalue weighted by Crippen LogP contribution is -2.28. The van der Waals surface area contributed by atoms with Crippen LogP contribution in [0.5, 0.6) is 0 Å². The van der Waals surface area contributed by atoms with E-state index in [2.05, 4.69) is 4.98 Å². The van der Waals surface area contributed by atoms with E-state index in [1.54, 1.807) is 0 Å².